The Balaban J connectivity index is 1.86. The van der Waals surface area contributed by atoms with Crippen LogP contribution in [0.3, 0.4) is 0 Å². The van der Waals surface area contributed by atoms with Gasteiger partial charge in [-0.25, -0.2) is 4.39 Å². The van der Waals surface area contributed by atoms with Crippen LogP contribution in [0.25, 0.3) is 0 Å². The number of hydrogen-bond acceptors (Lipinski definition) is 3. The van der Waals surface area contributed by atoms with E-state index in [1.165, 1.54) is 0 Å². The molecule has 4 rings (SSSR count). The van der Waals surface area contributed by atoms with Gasteiger partial charge in [-0.1, -0.05) is 6.92 Å². The third-order valence-corrected chi connectivity index (χ3v) is 5.91. The number of nitrogens with zero attached hydrogens (tertiary/aromatic N) is 2. The first-order valence-electron chi connectivity index (χ1n) is 8.03. The summed E-state index contributed by atoms with van der Waals surface area (Å²) in [5.41, 5.74) is 2.66. The van der Waals surface area contributed by atoms with E-state index in [2.05, 4.69) is 44.9 Å². The molecule has 2 unspecified atom stereocenters. The van der Waals surface area contributed by atoms with E-state index in [1.807, 2.05) is 18.3 Å². The molecule has 1 aliphatic carbocycles. The summed E-state index contributed by atoms with van der Waals surface area (Å²) >= 11 is 3.23. The van der Waals surface area contributed by atoms with Crippen molar-refractivity contribution in [1.29, 1.82) is 0 Å². The molecule has 0 amide bonds. The van der Waals surface area contributed by atoms with Gasteiger partial charge in [-0.05, 0) is 64.7 Å². The van der Waals surface area contributed by atoms with E-state index < -0.39 is 0 Å². The molecule has 1 aromatic carbocycles. The molecule has 5 heteroatoms. The number of allylic oxidation sites excluding steroid dienone is 4. The Kier molecular flexibility index (Phi) is 3.64. The number of hydrogen-bond donors (Lipinski definition) is 0. The molecule has 1 saturated heterocycles. The molecule has 0 bridgehead atoms. The minimum atomic E-state index is -0.290. The number of benzene rings is 1. The van der Waals surface area contributed by atoms with Crippen LogP contribution in [0.15, 0.2) is 63.5 Å². The van der Waals surface area contributed by atoms with Gasteiger partial charge in [-0.2, -0.15) is 0 Å². The van der Waals surface area contributed by atoms with Crippen LogP contribution >= 0.6 is 15.9 Å². The van der Waals surface area contributed by atoms with Gasteiger partial charge in [-0.15, -0.1) is 0 Å². The van der Waals surface area contributed by atoms with Crippen LogP contribution in [0.1, 0.15) is 13.3 Å². The fourth-order valence-electron chi connectivity index (χ4n) is 3.98. The summed E-state index contributed by atoms with van der Waals surface area (Å²) < 4.78 is 20.1. The second-order valence-electron chi connectivity index (χ2n) is 6.39. The topological polar surface area (TPSA) is 24.8 Å². The van der Waals surface area contributed by atoms with E-state index >= 15 is 0 Å². The summed E-state index contributed by atoms with van der Waals surface area (Å²) in [5.74, 6) is 0.955. The van der Waals surface area contributed by atoms with Crippen molar-refractivity contribution >= 4 is 27.3 Å². The van der Waals surface area contributed by atoms with E-state index in [1.54, 1.807) is 19.2 Å². The van der Waals surface area contributed by atoms with E-state index in [4.69, 9.17) is 4.74 Å². The van der Waals surface area contributed by atoms with Gasteiger partial charge >= 0.3 is 0 Å². The lowest BCUT2D eigenvalue weighted by Crippen LogP contribution is -2.50. The molecule has 2 aliphatic heterocycles. The quantitative estimate of drug-likeness (QED) is 0.725. The van der Waals surface area contributed by atoms with Gasteiger partial charge in [0, 0.05) is 24.1 Å². The van der Waals surface area contributed by atoms with Crippen molar-refractivity contribution in [2.24, 2.45) is 16.3 Å². The van der Waals surface area contributed by atoms with Crippen LogP contribution < -0.4 is 4.90 Å². The van der Waals surface area contributed by atoms with E-state index in [9.17, 15) is 4.39 Å². The standard InChI is InChI=1S/C19H18BrFN2O/c1-12-7-10-23(13-3-4-14(20)15(21)11-13)17-6-5-16(24-2)18-19(12,17)8-9-22-18/h3-6,8-9,11-12H,7,10H2,1-2H3. The van der Waals surface area contributed by atoms with Gasteiger partial charge in [0.2, 0.25) is 0 Å². The highest BCUT2D eigenvalue weighted by atomic mass is 79.9. The molecule has 1 aromatic rings. The molecule has 2 atom stereocenters. The molecular weight excluding hydrogens is 371 g/mol. The summed E-state index contributed by atoms with van der Waals surface area (Å²) in [7, 11) is 1.68. The predicted molar refractivity (Wildman–Crippen MR) is 97.4 cm³/mol. The molecule has 2 heterocycles. The second kappa shape index (κ2) is 5.59. The van der Waals surface area contributed by atoms with Crippen molar-refractivity contribution in [1.82, 2.24) is 0 Å². The van der Waals surface area contributed by atoms with E-state index in [0.29, 0.717) is 10.4 Å². The Bertz CT molecular complexity index is 827. The first-order chi connectivity index (χ1) is 11.6. The van der Waals surface area contributed by atoms with Gasteiger partial charge in [-0.3, -0.25) is 4.99 Å². The van der Waals surface area contributed by atoms with Crippen molar-refractivity contribution in [3.8, 4) is 0 Å². The normalized spacial score (nSPS) is 27.9. The van der Waals surface area contributed by atoms with Crippen LogP contribution in [-0.2, 0) is 4.74 Å². The van der Waals surface area contributed by atoms with Gasteiger partial charge in [0.05, 0.1) is 22.7 Å². The summed E-state index contributed by atoms with van der Waals surface area (Å²) in [6.07, 6.45) is 9.06. The molecule has 1 spiro atoms. The summed E-state index contributed by atoms with van der Waals surface area (Å²) in [5, 5.41) is 0. The SMILES string of the molecule is COC1=CC=C2N(c3ccc(Br)c(F)c3)CCC(C)C23C=CN=C13. The van der Waals surface area contributed by atoms with Crippen LogP contribution in [0.5, 0.6) is 0 Å². The Hall–Kier alpha value is -1.88. The summed E-state index contributed by atoms with van der Waals surface area (Å²) in [6.45, 7) is 3.10. The van der Waals surface area contributed by atoms with E-state index in [0.717, 1.165) is 35.8 Å². The Morgan fingerprint density at radius 3 is 2.96 bits per heavy atom. The predicted octanol–water partition coefficient (Wildman–Crippen LogP) is 4.82. The van der Waals surface area contributed by atoms with Crippen LogP contribution in [0.4, 0.5) is 10.1 Å². The number of halogens is 2. The van der Waals surface area contributed by atoms with E-state index in [-0.39, 0.29) is 11.2 Å². The van der Waals surface area contributed by atoms with Crippen LogP contribution in [0.2, 0.25) is 0 Å². The summed E-state index contributed by atoms with van der Waals surface area (Å²) in [6, 6.07) is 5.29. The maximum atomic E-state index is 14.1. The summed E-state index contributed by atoms with van der Waals surface area (Å²) in [4.78, 5) is 6.79. The number of rotatable bonds is 2. The molecule has 0 saturated carbocycles. The zero-order valence-corrected chi connectivity index (χ0v) is 15.2. The van der Waals surface area contributed by atoms with Crippen molar-refractivity contribution in [2.75, 3.05) is 18.6 Å². The lowest BCUT2D eigenvalue weighted by molar-refractivity contribution is 0.287. The zero-order valence-electron chi connectivity index (χ0n) is 13.6. The molecule has 0 radical (unpaired) electrons. The number of anilines is 1. The first-order valence-corrected chi connectivity index (χ1v) is 8.82. The molecule has 124 valence electrons. The first kappa shape index (κ1) is 15.6. The molecule has 24 heavy (non-hydrogen) atoms. The van der Waals surface area contributed by atoms with Crippen molar-refractivity contribution in [3.63, 3.8) is 0 Å². The maximum Gasteiger partial charge on any atom is 0.141 e. The average Bonchev–Trinajstić information content (AvgIpc) is 3.03. The van der Waals surface area contributed by atoms with Gasteiger partial charge in [0.1, 0.15) is 11.6 Å². The third-order valence-electron chi connectivity index (χ3n) is 5.27. The molecule has 3 aliphatic rings. The monoisotopic (exact) mass is 388 g/mol. The number of aliphatic imine (C=N–C) groups is 1. The number of piperidine rings is 1. The number of methoxy groups -OCH3 is 1. The van der Waals surface area contributed by atoms with Crippen LogP contribution in [-0.4, -0.2) is 19.4 Å². The fourth-order valence-corrected chi connectivity index (χ4v) is 4.23. The molecule has 0 aromatic heterocycles. The molecule has 0 N–H and O–H groups in total. The third kappa shape index (κ3) is 2.04. The number of ether oxygens (including phenoxy) is 1. The minimum Gasteiger partial charge on any atom is -0.495 e. The Morgan fingerprint density at radius 1 is 1.38 bits per heavy atom. The van der Waals surface area contributed by atoms with Crippen LogP contribution in [0, 0.1) is 17.2 Å². The largest absolute Gasteiger partial charge is 0.495 e. The molecular formula is C19H18BrFN2O. The van der Waals surface area contributed by atoms with Crippen molar-refractivity contribution < 1.29 is 9.13 Å². The minimum absolute atomic E-state index is 0.249. The maximum absolute atomic E-state index is 14.1. The van der Waals surface area contributed by atoms with Gasteiger partial charge in [0.25, 0.3) is 0 Å². The Labute approximate surface area is 149 Å². The van der Waals surface area contributed by atoms with Gasteiger partial charge in [0.15, 0.2) is 0 Å². The highest BCUT2D eigenvalue weighted by molar-refractivity contribution is 9.10. The highest BCUT2D eigenvalue weighted by Crippen LogP contribution is 2.52. The smallest absolute Gasteiger partial charge is 0.141 e. The average molecular weight is 389 g/mol. The zero-order chi connectivity index (χ0) is 16.9. The molecule has 1 fully saturated rings. The second-order valence-corrected chi connectivity index (χ2v) is 7.24. The molecule has 3 nitrogen and oxygen atoms in total. The Morgan fingerprint density at radius 2 is 2.21 bits per heavy atom. The fraction of sp³-hybridized carbons (Fsp3) is 0.316. The van der Waals surface area contributed by atoms with Crippen molar-refractivity contribution in [3.05, 3.63) is 64.4 Å². The van der Waals surface area contributed by atoms with Crippen molar-refractivity contribution in [2.45, 2.75) is 13.3 Å². The lowest BCUT2D eigenvalue weighted by atomic mass is 9.64. The van der Waals surface area contributed by atoms with Gasteiger partial charge < -0.3 is 9.64 Å². The highest BCUT2D eigenvalue weighted by Gasteiger charge is 2.51. The lowest BCUT2D eigenvalue weighted by Gasteiger charge is -2.49.